The van der Waals surface area contributed by atoms with Crippen molar-refractivity contribution in [2.24, 2.45) is 5.92 Å². The molecule has 1 aliphatic carbocycles. The smallest absolute Gasteiger partial charge is 0.236 e. The van der Waals surface area contributed by atoms with Crippen LogP contribution >= 0.6 is 0 Å². The number of amides is 1. The van der Waals surface area contributed by atoms with E-state index in [4.69, 9.17) is 4.84 Å². The molecule has 0 bridgehead atoms. The fraction of sp³-hybridized carbons (Fsp3) is 0.900. The lowest BCUT2D eigenvalue weighted by atomic mass is 10.2. The Balaban J connectivity index is 1.96. The standard InChI is InChI=1S/C10H20N2O2/c1-10(2,3)14-12-7-9(13)11-6-8-4-5-8/h8,12H,4-7H2,1-3H3,(H,11,13). The lowest BCUT2D eigenvalue weighted by Crippen LogP contribution is -2.38. The van der Waals surface area contributed by atoms with E-state index in [1.807, 2.05) is 20.8 Å². The van der Waals surface area contributed by atoms with E-state index in [2.05, 4.69) is 10.8 Å². The van der Waals surface area contributed by atoms with Crippen LogP contribution in [0.2, 0.25) is 0 Å². The summed E-state index contributed by atoms with van der Waals surface area (Å²) in [5.41, 5.74) is 2.40. The van der Waals surface area contributed by atoms with Gasteiger partial charge < -0.3 is 5.32 Å². The second-order valence-corrected chi connectivity index (χ2v) is 4.78. The van der Waals surface area contributed by atoms with Crippen molar-refractivity contribution in [1.29, 1.82) is 0 Å². The van der Waals surface area contributed by atoms with Crippen LogP contribution < -0.4 is 10.8 Å². The highest BCUT2D eigenvalue weighted by Crippen LogP contribution is 2.27. The quantitative estimate of drug-likeness (QED) is 0.646. The molecule has 0 radical (unpaired) electrons. The minimum Gasteiger partial charge on any atom is -0.355 e. The maximum atomic E-state index is 11.2. The molecule has 0 heterocycles. The molecule has 82 valence electrons. The van der Waals surface area contributed by atoms with Gasteiger partial charge in [-0.1, -0.05) is 0 Å². The number of hydrogen-bond acceptors (Lipinski definition) is 3. The minimum atomic E-state index is -0.253. The van der Waals surface area contributed by atoms with Crippen LogP contribution in [0.15, 0.2) is 0 Å². The van der Waals surface area contributed by atoms with Crippen LogP contribution in [-0.4, -0.2) is 24.6 Å². The number of carbonyl (C=O) groups is 1. The molecule has 0 aromatic carbocycles. The third kappa shape index (κ3) is 5.94. The maximum absolute atomic E-state index is 11.2. The first-order valence-corrected chi connectivity index (χ1v) is 5.15. The predicted molar refractivity (Wildman–Crippen MR) is 54.6 cm³/mol. The summed E-state index contributed by atoms with van der Waals surface area (Å²) in [7, 11) is 0. The Labute approximate surface area is 85.3 Å². The van der Waals surface area contributed by atoms with Crippen LogP contribution in [0, 0.1) is 5.92 Å². The third-order valence-corrected chi connectivity index (χ3v) is 1.90. The summed E-state index contributed by atoms with van der Waals surface area (Å²) in [4.78, 5) is 16.4. The fourth-order valence-electron chi connectivity index (χ4n) is 0.961. The van der Waals surface area contributed by atoms with Gasteiger partial charge in [-0.2, -0.15) is 5.48 Å². The van der Waals surface area contributed by atoms with Crippen LogP contribution in [0.1, 0.15) is 33.6 Å². The first-order chi connectivity index (χ1) is 6.47. The number of hydrogen-bond donors (Lipinski definition) is 2. The van der Waals surface area contributed by atoms with Crippen LogP contribution in [0.3, 0.4) is 0 Å². The van der Waals surface area contributed by atoms with E-state index >= 15 is 0 Å². The molecule has 1 fully saturated rings. The van der Waals surface area contributed by atoms with Crippen LogP contribution in [0.5, 0.6) is 0 Å². The predicted octanol–water partition coefficient (Wildman–Crippen LogP) is 0.832. The van der Waals surface area contributed by atoms with Gasteiger partial charge in [-0.3, -0.25) is 9.63 Å². The van der Waals surface area contributed by atoms with E-state index in [1.165, 1.54) is 12.8 Å². The van der Waals surface area contributed by atoms with Gasteiger partial charge in [0.1, 0.15) is 0 Å². The Morgan fingerprint density at radius 2 is 2.07 bits per heavy atom. The van der Waals surface area contributed by atoms with Crippen molar-refractivity contribution < 1.29 is 9.63 Å². The fourth-order valence-corrected chi connectivity index (χ4v) is 0.961. The Morgan fingerprint density at radius 3 is 2.57 bits per heavy atom. The molecule has 4 nitrogen and oxygen atoms in total. The Hall–Kier alpha value is -0.610. The SMILES string of the molecule is CC(C)(C)ONCC(=O)NCC1CC1. The molecule has 1 rings (SSSR count). The van der Waals surface area contributed by atoms with Crippen molar-refractivity contribution in [2.75, 3.05) is 13.1 Å². The molecule has 1 aliphatic rings. The van der Waals surface area contributed by atoms with Crippen molar-refractivity contribution in [3.8, 4) is 0 Å². The molecule has 4 heteroatoms. The molecule has 0 aromatic rings. The first-order valence-electron chi connectivity index (χ1n) is 5.15. The van der Waals surface area contributed by atoms with Crippen molar-refractivity contribution >= 4 is 5.91 Å². The normalized spacial score (nSPS) is 16.8. The average Bonchev–Trinajstić information content (AvgIpc) is 2.81. The Bertz CT molecular complexity index is 195. The van der Waals surface area contributed by atoms with E-state index in [0.29, 0.717) is 0 Å². The van der Waals surface area contributed by atoms with Gasteiger partial charge in [-0.25, -0.2) is 0 Å². The lowest BCUT2D eigenvalue weighted by Gasteiger charge is -2.19. The third-order valence-electron chi connectivity index (χ3n) is 1.90. The summed E-state index contributed by atoms with van der Waals surface area (Å²) in [6.07, 6.45) is 2.51. The average molecular weight is 200 g/mol. The molecule has 0 saturated heterocycles. The highest BCUT2D eigenvalue weighted by atomic mass is 16.7. The van der Waals surface area contributed by atoms with E-state index < -0.39 is 0 Å². The molecular weight excluding hydrogens is 180 g/mol. The number of rotatable bonds is 5. The summed E-state index contributed by atoms with van der Waals surface area (Å²) in [6.45, 7) is 6.84. The van der Waals surface area contributed by atoms with Gasteiger partial charge >= 0.3 is 0 Å². The zero-order valence-corrected chi connectivity index (χ0v) is 9.22. The topological polar surface area (TPSA) is 50.4 Å². The number of hydroxylamine groups is 1. The summed E-state index contributed by atoms with van der Waals surface area (Å²) in [5.74, 6) is 0.726. The molecule has 0 aromatic heterocycles. The van der Waals surface area contributed by atoms with E-state index in [0.717, 1.165) is 12.5 Å². The zero-order valence-electron chi connectivity index (χ0n) is 9.22. The maximum Gasteiger partial charge on any atom is 0.236 e. The van der Waals surface area contributed by atoms with E-state index in [-0.39, 0.29) is 18.1 Å². The first kappa shape index (κ1) is 11.5. The highest BCUT2D eigenvalue weighted by molar-refractivity contribution is 5.77. The largest absolute Gasteiger partial charge is 0.355 e. The van der Waals surface area contributed by atoms with Crippen LogP contribution in [0.4, 0.5) is 0 Å². The van der Waals surface area contributed by atoms with E-state index in [1.54, 1.807) is 0 Å². The second kappa shape index (κ2) is 4.75. The number of carbonyl (C=O) groups excluding carboxylic acids is 1. The summed E-state index contributed by atoms with van der Waals surface area (Å²) in [5, 5.41) is 2.85. The van der Waals surface area contributed by atoms with E-state index in [9.17, 15) is 4.79 Å². The highest BCUT2D eigenvalue weighted by Gasteiger charge is 2.21. The molecule has 14 heavy (non-hydrogen) atoms. The van der Waals surface area contributed by atoms with Gasteiger partial charge in [0, 0.05) is 6.54 Å². The van der Waals surface area contributed by atoms with Gasteiger partial charge in [0.25, 0.3) is 0 Å². The van der Waals surface area contributed by atoms with Crippen molar-refractivity contribution in [2.45, 2.75) is 39.2 Å². The summed E-state index contributed by atoms with van der Waals surface area (Å²) >= 11 is 0. The lowest BCUT2D eigenvalue weighted by molar-refractivity contribution is -0.127. The van der Waals surface area contributed by atoms with Gasteiger partial charge in [-0.05, 0) is 39.5 Å². The Kier molecular flexibility index (Phi) is 3.89. The molecule has 0 unspecified atom stereocenters. The molecule has 0 atom stereocenters. The number of nitrogens with one attached hydrogen (secondary N) is 2. The molecule has 0 spiro atoms. The summed E-state index contributed by atoms with van der Waals surface area (Å²) < 4.78 is 0. The monoisotopic (exact) mass is 200 g/mol. The molecule has 1 amide bonds. The van der Waals surface area contributed by atoms with Gasteiger partial charge in [0.05, 0.1) is 12.1 Å². The molecule has 0 aliphatic heterocycles. The van der Waals surface area contributed by atoms with Crippen LogP contribution in [0.25, 0.3) is 0 Å². The molecule has 2 N–H and O–H groups in total. The minimum absolute atomic E-state index is 0.00106. The molecule has 1 saturated carbocycles. The zero-order chi connectivity index (χ0) is 10.6. The van der Waals surface area contributed by atoms with Crippen LogP contribution in [-0.2, 0) is 9.63 Å². The van der Waals surface area contributed by atoms with Crippen molar-refractivity contribution in [3.05, 3.63) is 0 Å². The van der Waals surface area contributed by atoms with Gasteiger partial charge in [-0.15, -0.1) is 0 Å². The summed E-state index contributed by atoms with van der Waals surface area (Å²) in [6, 6.07) is 0. The molecular formula is C10H20N2O2. The second-order valence-electron chi connectivity index (χ2n) is 4.78. The van der Waals surface area contributed by atoms with Gasteiger partial charge in [0.2, 0.25) is 5.91 Å². The van der Waals surface area contributed by atoms with Crippen molar-refractivity contribution in [1.82, 2.24) is 10.8 Å². The Morgan fingerprint density at radius 1 is 1.43 bits per heavy atom. The van der Waals surface area contributed by atoms with Gasteiger partial charge in [0.15, 0.2) is 0 Å². The van der Waals surface area contributed by atoms with Crippen molar-refractivity contribution in [3.63, 3.8) is 0 Å².